The maximum atomic E-state index is 6.26. The van der Waals surface area contributed by atoms with Crippen molar-refractivity contribution in [1.82, 2.24) is 9.97 Å². The molecule has 19 heavy (non-hydrogen) atoms. The third-order valence-corrected chi connectivity index (χ3v) is 4.49. The molecule has 1 aliphatic rings. The molecule has 0 amide bonds. The fraction of sp³-hybridized carbons (Fsp3) is 0.714. The number of nitrogens with zero attached hydrogens (tertiary/aromatic N) is 2. The van der Waals surface area contributed by atoms with Crippen LogP contribution in [-0.2, 0) is 16.8 Å². The van der Waals surface area contributed by atoms with E-state index in [0.29, 0.717) is 16.1 Å². The van der Waals surface area contributed by atoms with Crippen LogP contribution in [0.5, 0.6) is 0 Å². The highest BCUT2D eigenvalue weighted by atomic mass is 35.5. The van der Waals surface area contributed by atoms with Gasteiger partial charge in [-0.2, -0.15) is 0 Å². The molecule has 1 heterocycles. The van der Waals surface area contributed by atoms with Crippen LogP contribution in [0.4, 0.5) is 0 Å². The van der Waals surface area contributed by atoms with Gasteiger partial charge in [-0.05, 0) is 19.3 Å². The average molecular weight is 303 g/mol. The largest absolute Gasteiger partial charge is 0.370 e. The Balaban J connectivity index is 2.39. The number of aromatic nitrogens is 2. The van der Waals surface area contributed by atoms with E-state index in [1.807, 2.05) is 0 Å². The Bertz CT molecular complexity index is 422. The van der Waals surface area contributed by atoms with Gasteiger partial charge in [0.25, 0.3) is 0 Å². The lowest BCUT2D eigenvalue weighted by atomic mass is 9.84. The lowest BCUT2D eigenvalue weighted by Gasteiger charge is -2.34. The molecule has 1 saturated carbocycles. The predicted octanol–water partition coefficient (Wildman–Crippen LogP) is 4.54. The topological polar surface area (TPSA) is 35.0 Å². The Labute approximate surface area is 124 Å². The van der Waals surface area contributed by atoms with E-state index in [2.05, 4.69) is 16.9 Å². The highest BCUT2D eigenvalue weighted by Gasteiger charge is 2.37. The van der Waals surface area contributed by atoms with E-state index in [9.17, 15) is 0 Å². The molecular formula is C14H20Cl2N2O. The number of hydrogen-bond donors (Lipinski definition) is 0. The summed E-state index contributed by atoms with van der Waals surface area (Å²) in [6.07, 6.45) is 7.13. The molecule has 0 aromatic carbocycles. The van der Waals surface area contributed by atoms with Crippen molar-refractivity contribution in [3.8, 4) is 0 Å². The minimum Gasteiger partial charge on any atom is -0.370 e. The van der Waals surface area contributed by atoms with Gasteiger partial charge in [0.2, 0.25) is 0 Å². The minimum absolute atomic E-state index is 0.406. The lowest BCUT2D eigenvalue weighted by molar-refractivity contribution is -0.0515. The number of halogens is 2. The van der Waals surface area contributed by atoms with E-state index in [4.69, 9.17) is 27.9 Å². The van der Waals surface area contributed by atoms with Crippen LogP contribution in [0, 0.1) is 0 Å². The van der Waals surface area contributed by atoms with Crippen LogP contribution in [0.2, 0.25) is 10.3 Å². The summed E-state index contributed by atoms with van der Waals surface area (Å²) < 4.78 is 5.73. The Morgan fingerprint density at radius 3 is 2.16 bits per heavy atom. The van der Waals surface area contributed by atoms with E-state index >= 15 is 0 Å². The van der Waals surface area contributed by atoms with Crippen molar-refractivity contribution in [2.75, 3.05) is 7.11 Å². The van der Waals surface area contributed by atoms with E-state index in [1.54, 1.807) is 7.11 Å². The van der Waals surface area contributed by atoms with Gasteiger partial charge >= 0.3 is 0 Å². The Hall–Kier alpha value is -0.380. The first-order valence-electron chi connectivity index (χ1n) is 6.90. The van der Waals surface area contributed by atoms with E-state index < -0.39 is 5.60 Å². The molecule has 0 unspecified atom stereocenters. The molecule has 0 radical (unpaired) electrons. The van der Waals surface area contributed by atoms with Crippen LogP contribution in [-0.4, -0.2) is 17.1 Å². The molecule has 1 fully saturated rings. The third-order valence-electron chi connectivity index (χ3n) is 3.87. The first-order valence-corrected chi connectivity index (χ1v) is 7.66. The van der Waals surface area contributed by atoms with Gasteiger partial charge in [0, 0.05) is 12.7 Å². The molecule has 2 rings (SSSR count). The molecule has 1 aliphatic carbocycles. The SMILES string of the molecule is CCCc1c(Cl)nc(C2(OC)CCCCC2)nc1Cl. The van der Waals surface area contributed by atoms with Crippen molar-refractivity contribution in [3.05, 3.63) is 21.7 Å². The number of hydrogen-bond acceptors (Lipinski definition) is 3. The van der Waals surface area contributed by atoms with Gasteiger partial charge in [0.05, 0.1) is 0 Å². The van der Waals surface area contributed by atoms with Gasteiger partial charge in [-0.15, -0.1) is 0 Å². The molecule has 0 spiro atoms. The van der Waals surface area contributed by atoms with Crippen molar-refractivity contribution in [2.24, 2.45) is 0 Å². The first-order chi connectivity index (χ1) is 9.13. The molecule has 0 aliphatic heterocycles. The standard InChI is InChI=1S/C14H20Cl2N2O/c1-3-7-10-11(15)17-13(18-12(10)16)14(19-2)8-5-4-6-9-14/h3-9H2,1-2H3. The maximum absolute atomic E-state index is 6.26. The molecule has 1 aromatic heterocycles. The fourth-order valence-corrected chi connectivity index (χ4v) is 3.31. The predicted molar refractivity (Wildman–Crippen MR) is 77.8 cm³/mol. The molecule has 3 nitrogen and oxygen atoms in total. The lowest BCUT2D eigenvalue weighted by Crippen LogP contribution is -2.33. The second-order valence-electron chi connectivity index (χ2n) is 5.12. The zero-order valence-corrected chi connectivity index (χ0v) is 13.0. The monoisotopic (exact) mass is 302 g/mol. The summed E-state index contributed by atoms with van der Waals surface area (Å²) in [5.41, 5.74) is 0.438. The minimum atomic E-state index is -0.406. The second-order valence-corrected chi connectivity index (χ2v) is 5.83. The van der Waals surface area contributed by atoms with Crippen molar-refractivity contribution in [1.29, 1.82) is 0 Å². The molecule has 106 valence electrons. The molecular weight excluding hydrogens is 283 g/mol. The first kappa shape index (κ1) is 15.0. The van der Waals surface area contributed by atoms with E-state index in [-0.39, 0.29) is 0 Å². The fourth-order valence-electron chi connectivity index (χ4n) is 2.73. The molecule has 0 bridgehead atoms. The number of ether oxygens (including phenoxy) is 1. The van der Waals surface area contributed by atoms with Gasteiger partial charge in [0.15, 0.2) is 5.82 Å². The maximum Gasteiger partial charge on any atom is 0.163 e. The van der Waals surface area contributed by atoms with Crippen LogP contribution in [0.15, 0.2) is 0 Å². The molecule has 0 N–H and O–H groups in total. The smallest absolute Gasteiger partial charge is 0.163 e. The van der Waals surface area contributed by atoms with E-state index in [0.717, 1.165) is 44.1 Å². The summed E-state index contributed by atoms with van der Waals surface area (Å²) in [6, 6.07) is 0. The molecule has 1 aromatic rings. The van der Waals surface area contributed by atoms with Crippen molar-refractivity contribution >= 4 is 23.2 Å². The van der Waals surface area contributed by atoms with Crippen molar-refractivity contribution in [2.45, 2.75) is 57.5 Å². The van der Waals surface area contributed by atoms with Gasteiger partial charge in [0.1, 0.15) is 15.9 Å². The van der Waals surface area contributed by atoms with Crippen molar-refractivity contribution < 1.29 is 4.74 Å². The van der Waals surface area contributed by atoms with Crippen LogP contribution in [0.1, 0.15) is 56.8 Å². The molecule has 5 heteroatoms. The van der Waals surface area contributed by atoms with Gasteiger partial charge in [-0.3, -0.25) is 0 Å². The van der Waals surface area contributed by atoms with E-state index in [1.165, 1.54) is 6.42 Å². The highest BCUT2D eigenvalue weighted by molar-refractivity contribution is 6.34. The van der Waals surface area contributed by atoms with Crippen LogP contribution >= 0.6 is 23.2 Å². The summed E-state index contributed by atoms with van der Waals surface area (Å²) in [5, 5.41) is 0.942. The van der Waals surface area contributed by atoms with Crippen LogP contribution in [0.3, 0.4) is 0 Å². The molecule has 0 atom stereocenters. The zero-order chi connectivity index (χ0) is 13.9. The van der Waals surface area contributed by atoms with Crippen LogP contribution < -0.4 is 0 Å². The summed E-state index contributed by atoms with van der Waals surface area (Å²) in [4.78, 5) is 8.93. The second kappa shape index (κ2) is 6.38. The van der Waals surface area contributed by atoms with Gasteiger partial charge in [-0.1, -0.05) is 55.8 Å². The van der Waals surface area contributed by atoms with Gasteiger partial charge in [-0.25, -0.2) is 9.97 Å². The summed E-state index contributed by atoms with van der Waals surface area (Å²) in [7, 11) is 1.72. The Morgan fingerprint density at radius 1 is 1.11 bits per heavy atom. The highest BCUT2D eigenvalue weighted by Crippen LogP contribution is 2.39. The summed E-state index contributed by atoms with van der Waals surface area (Å²) >= 11 is 12.5. The summed E-state index contributed by atoms with van der Waals surface area (Å²) in [5.74, 6) is 0.643. The quantitative estimate of drug-likeness (QED) is 0.766. The van der Waals surface area contributed by atoms with Crippen molar-refractivity contribution in [3.63, 3.8) is 0 Å². The summed E-state index contributed by atoms with van der Waals surface area (Å²) in [6.45, 7) is 2.08. The normalized spacial score (nSPS) is 18.5. The number of methoxy groups -OCH3 is 1. The number of rotatable bonds is 4. The zero-order valence-electron chi connectivity index (χ0n) is 11.5. The average Bonchev–Trinajstić information content (AvgIpc) is 2.43. The Morgan fingerprint density at radius 2 is 1.68 bits per heavy atom. The third kappa shape index (κ3) is 3.04. The Kier molecular flexibility index (Phi) is 5.04. The van der Waals surface area contributed by atoms with Gasteiger partial charge < -0.3 is 4.74 Å². The molecule has 0 saturated heterocycles. The van der Waals surface area contributed by atoms with Crippen LogP contribution in [0.25, 0.3) is 0 Å².